The van der Waals surface area contributed by atoms with E-state index in [2.05, 4.69) is 21.2 Å². The molecule has 3 amide bonds. The molecule has 0 spiro atoms. The molecule has 0 unspecified atom stereocenters. The molecular formula is C23H26N4O4. The van der Waals surface area contributed by atoms with E-state index in [4.69, 9.17) is 4.74 Å². The smallest absolute Gasteiger partial charge is 0.329 e. The Labute approximate surface area is 181 Å². The van der Waals surface area contributed by atoms with E-state index in [1.807, 2.05) is 32.9 Å². The lowest BCUT2D eigenvalue weighted by Gasteiger charge is -2.14. The van der Waals surface area contributed by atoms with Gasteiger partial charge in [0.25, 0.3) is 5.91 Å². The minimum absolute atomic E-state index is 0.0926. The predicted octanol–water partition coefficient (Wildman–Crippen LogP) is 2.36. The van der Waals surface area contributed by atoms with E-state index in [0.29, 0.717) is 11.3 Å². The molecular weight excluding hydrogens is 396 g/mol. The summed E-state index contributed by atoms with van der Waals surface area (Å²) in [6, 6.07) is 11.1. The van der Waals surface area contributed by atoms with Crippen LogP contribution in [0, 0.1) is 20.8 Å². The van der Waals surface area contributed by atoms with Gasteiger partial charge in [-0.2, -0.15) is 5.10 Å². The van der Waals surface area contributed by atoms with Crippen molar-refractivity contribution in [2.45, 2.75) is 39.7 Å². The molecule has 0 aromatic heterocycles. The summed E-state index contributed by atoms with van der Waals surface area (Å²) in [5.41, 5.74) is 6.63. The van der Waals surface area contributed by atoms with Crippen LogP contribution in [0.2, 0.25) is 0 Å². The second-order valence-electron chi connectivity index (χ2n) is 7.60. The molecule has 0 heterocycles. The quantitative estimate of drug-likeness (QED) is 0.362. The summed E-state index contributed by atoms with van der Waals surface area (Å²) in [6.07, 6.45) is 3.15. The van der Waals surface area contributed by atoms with Crippen molar-refractivity contribution in [2.75, 3.05) is 11.9 Å². The van der Waals surface area contributed by atoms with Gasteiger partial charge in [0.15, 0.2) is 6.61 Å². The second kappa shape index (κ2) is 9.88. The number of hydrazone groups is 1. The zero-order valence-electron chi connectivity index (χ0n) is 17.8. The van der Waals surface area contributed by atoms with Crippen molar-refractivity contribution in [3.8, 4) is 5.75 Å². The van der Waals surface area contributed by atoms with Crippen LogP contribution in [-0.4, -0.2) is 36.6 Å². The van der Waals surface area contributed by atoms with Crippen molar-refractivity contribution in [1.29, 1.82) is 0 Å². The lowest BCUT2D eigenvalue weighted by molar-refractivity contribution is -0.139. The Morgan fingerprint density at radius 3 is 2.42 bits per heavy atom. The molecule has 2 aromatic rings. The number of ether oxygens (including phenoxy) is 1. The fourth-order valence-electron chi connectivity index (χ4n) is 3.10. The van der Waals surface area contributed by atoms with Crippen LogP contribution in [0.25, 0.3) is 0 Å². The third-order valence-electron chi connectivity index (χ3n) is 4.71. The molecule has 1 fully saturated rings. The van der Waals surface area contributed by atoms with Crippen LogP contribution in [-0.2, 0) is 14.4 Å². The molecule has 1 aliphatic carbocycles. The maximum Gasteiger partial charge on any atom is 0.329 e. The summed E-state index contributed by atoms with van der Waals surface area (Å²) < 4.78 is 5.65. The number of para-hydroxylation sites is 1. The van der Waals surface area contributed by atoms with Crippen LogP contribution >= 0.6 is 0 Å². The molecule has 0 radical (unpaired) electrons. The van der Waals surface area contributed by atoms with Crippen LogP contribution in [0.1, 0.15) is 35.1 Å². The number of rotatable bonds is 7. The van der Waals surface area contributed by atoms with Crippen LogP contribution in [0.5, 0.6) is 5.75 Å². The second-order valence-corrected chi connectivity index (χ2v) is 7.60. The van der Waals surface area contributed by atoms with Crippen LogP contribution in [0.15, 0.2) is 41.5 Å². The molecule has 1 aliphatic rings. The normalized spacial score (nSPS) is 13.0. The molecule has 0 bridgehead atoms. The highest BCUT2D eigenvalue weighted by Crippen LogP contribution is 2.22. The van der Waals surface area contributed by atoms with Crippen LogP contribution < -0.4 is 20.8 Å². The van der Waals surface area contributed by atoms with E-state index in [0.717, 1.165) is 35.2 Å². The third-order valence-corrected chi connectivity index (χ3v) is 4.71. The molecule has 8 nitrogen and oxygen atoms in total. The molecule has 0 aliphatic heterocycles. The number of nitrogens with zero attached hydrogens (tertiary/aromatic N) is 1. The third kappa shape index (κ3) is 6.40. The number of carbonyl (C=O) groups excluding carboxylic acids is 3. The van der Waals surface area contributed by atoms with Gasteiger partial charge in [-0.15, -0.1) is 0 Å². The minimum atomic E-state index is -0.829. The van der Waals surface area contributed by atoms with E-state index < -0.39 is 11.8 Å². The van der Waals surface area contributed by atoms with Gasteiger partial charge in [-0.05, 0) is 56.9 Å². The number of nitrogens with one attached hydrogen (secondary N) is 3. The highest BCUT2D eigenvalue weighted by Gasteiger charge is 2.26. The monoisotopic (exact) mass is 422 g/mol. The number of hydrogen-bond acceptors (Lipinski definition) is 5. The van der Waals surface area contributed by atoms with Gasteiger partial charge in [-0.1, -0.05) is 29.8 Å². The van der Waals surface area contributed by atoms with Gasteiger partial charge in [0.05, 0.1) is 6.21 Å². The average molecular weight is 422 g/mol. The van der Waals surface area contributed by atoms with Crippen molar-refractivity contribution < 1.29 is 19.1 Å². The van der Waals surface area contributed by atoms with E-state index in [1.165, 1.54) is 6.21 Å². The Morgan fingerprint density at radius 1 is 1.06 bits per heavy atom. The lowest BCUT2D eigenvalue weighted by Crippen LogP contribution is -2.38. The van der Waals surface area contributed by atoms with Gasteiger partial charge in [0, 0.05) is 17.3 Å². The predicted molar refractivity (Wildman–Crippen MR) is 118 cm³/mol. The number of hydrogen-bond donors (Lipinski definition) is 3. The fraction of sp³-hybridized carbons (Fsp3) is 0.304. The Balaban J connectivity index is 1.56. The molecule has 1 saturated carbocycles. The summed E-state index contributed by atoms with van der Waals surface area (Å²) in [5, 5.41) is 9.28. The topological polar surface area (TPSA) is 109 Å². The average Bonchev–Trinajstić information content (AvgIpc) is 3.53. The number of aryl methyl sites for hydroxylation is 3. The van der Waals surface area contributed by atoms with Crippen LogP contribution in [0.3, 0.4) is 0 Å². The molecule has 3 N–H and O–H groups in total. The summed E-state index contributed by atoms with van der Waals surface area (Å²) >= 11 is 0. The van der Waals surface area contributed by atoms with Crippen molar-refractivity contribution >= 4 is 29.6 Å². The van der Waals surface area contributed by atoms with E-state index >= 15 is 0 Å². The van der Waals surface area contributed by atoms with Crippen molar-refractivity contribution in [3.05, 3.63) is 58.7 Å². The molecule has 162 valence electrons. The summed E-state index contributed by atoms with van der Waals surface area (Å²) in [6.45, 7) is 5.71. The first-order chi connectivity index (χ1) is 14.8. The minimum Gasteiger partial charge on any atom is -0.483 e. The first-order valence-electron chi connectivity index (χ1n) is 10.1. The maximum atomic E-state index is 12.4. The van der Waals surface area contributed by atoms with E-state index in [9.17, 15) is 14.4 Å². The van der Waals surface area contributed by atoms with Crippen LogP contribution in [0.4, 0.5) is 5.69 Å². The Bertz CT molecular complexity index is 1000. The maximum absolute atomic E-state index is 12.4. The molecule has 0 saturated heterocycles. The molecule has 3 rings (SSSR count). The molecule has 2 aromatic carbocycles. The highest BCUT2D eigenvalue weighted by molar-refractivity contribution is 6.35. The Kier molecular flexibility index (Phi) is 7.02. The summed E-state index contributed by atoms with van der Waals surface area (Å²) in [5.74, 6) is -1.39. The first kappa shape index (κ1) is 22.0. The zero-order chi connectivity index (χ0) is 22.4. The summed E-state index contributed by atoms with van der Waals surface area (Å²) in [4.78, 5) is 35.7. The highest BCUT2D eigenvalue weighted by atomic mass is 16.5. The molecule has 8 heteroatoms. The van der Waals surface area contributed by atoms with Gasteiger partial charge in [-0.25, -0.2) is 5.43 Å². The number of anilines is 1. The molecule has 0 atom stereocenters. The SMILES string of the molecule is Cc1cc(C)c(NC(=O)COc2ccccc2/C=N\NC(=O)C(=O)NC2CC2)c(C)c1. The first-order valence-corrected chi connectivity index (χ1v) is 10.1. The Hall–Kier alpha value is -3.68. The fourth-order valence-corrected chi connectivity index (χ4v) is 3.10. The molecule has 31 heavy (non-hydrogen) atoms. The number of benzene rings is 2. The largest absolute Gasteiger partial charge is 0.483 e. The van der Waals surface area contributed by atoms with Gasteiger partial charge < -0.3 is 15.4 Å². The van der Waals surface area contributed by atoms with Gasteiger partial charge >= 0.3 is 11.8 Å². The number of amides is 3. The van der Waals surface area contributed by atoms with Gasteiger partial charge in [0.1, 0.15) is 5.75 Å². The number of carbonyl (C=O) groups is 3. The Morgan fingerprint density at radius 2 is 1.74 bits per heavy atom. The van der Waals surface area contributed by atoms with Gasteiger partial charge in [0.2, 0.25) is 0 Å². The zero-order valence-corrected chi connectivity index (χ0v) is 17.8. The standard InChI is InChI=1S/C23H26N4O4/c1-14-10-15(2)21(16(3)11-14)26-20(28)13-31-19-7-5-4-6-17(19)12-24-27-23(30)22(29)25-18-8-9-18/h4-7,10-12,18H,8-9,13H2,1-3H3,(H,25,29)(H,26,28)(H,27,30)/b24-12-. The lowest BCUT2D eigenvalue weighted by atomic mass is 10.1. The van der Waals surface area contributed by atoms with Gasteiger partial charge in [-0.3, -0.25) is 14.4 Å². The van der Waals surface area contributed by atoms with E-state index in [-0.39, 0.29) is 18.6 Å². The van der Waals surface area contributed by atoms with Crippen molar-refractivity contribution in [2.24, 2.45) is 5.10 Å². The van der Waals surface area contributed by atoms with E-state index in [1.54, 1.807) is 24.3 Å². The van der Waals surface area contributed by atoms with Crippen molar-refractivity contribution in [1.82, 2.24) is 10.7 Å². The van der Waals surface area contributed by atoms with Crippen molar-refractivity contribution in [3.63, 3.8) is 0 Å². The summed E-state index contributed by atoms with van der Waals surface area (Å²) in [7, 11) is 0.